The van der Waals surface area contributed by atoms with E-state index in [9.17, 15) is 38.4 Å². The van der Waals surface area contributed by atoms with Crippen LogP contribution in [0.5, 0.6) is 0 Å². The van der Waals surface area contributed by atoms with Gasteiger partial charge in [0.1, 0.15) is 53.3 Å². The number of thioether (sulfide) groups is 2. The summed E-state index contributed by atoms with van der Waals surface area (Å²) in [6, 6.07) is 3.48. The molecular formula is C68H102N12O18S2. The topological polar surface area (TPSA) is 322 Å². The monoisotopic (exact) mass is 1440 g/mol. The van der Waals surface area contributed by atoms with Crippen molar-refractivity contribution in [3.05, 3.63) is 180 Å². The first-order chi connectivity index (χ1) is 47.3. The summed E-state index contributed by atoms with van der Waals surface area (Å²) in [6.45, 7) is 33.1. The molecule has 0 amide bonds. The molecular weight excluding hydrogens is 1340 g/mol. The molecule has 10 heterocycles. The van der Waals surface area contributed by atoms with Crippen molar-refractivity contribution in [2.45, 2.75) is 188 Å². The molecule has 100 heavy (non-hydrogen) atoms. The highest BCUT2D eigenvalue weighted by molar-refractivity contribution is 8.00. The Kier molecular flexibility index (Phi) is 31.8. The summed E-state index contributed by atoms with van der Waals surface area (Å²) < 4.78 is 64.3. The van der Waals surface area contributed by atoms with Crippen molar-refractivity contribution in [2.24, 2.45) is 0 Å². The molecule has 2 N–H and O–H groups in total. The van der Waals surface area contributed by atoms with E-state index in [1.54, 1.807) is 97.7 Å². The van der Waals surface area contributed by atoms with E-state index in [1.165, 1.54) is 35.2 Å². The Hall–Kier alpha value is -7.08. The minimum Gasteiger partial charge on any atom is -0.381 e. The van der Waals surface area contributed by atoms with Crippen LogP contribution in [0.2, 0.25) is 0 Å². The van der Waals surface area contributed by atoms with E-state index >= 15 is 0 Å². The Bertz CT molecular complexity index is 4030. The smallest absolute Gasteiger partial charge is 0.351 e. The number of anilines is 2. The molecule has 0 aromatic carbocycles. The molecule has 0 saturated carbocycles. The van der Waals surface area contributed by atoms with Gasteiger partial charge in [-0.2, -0.15) is 9.97 Å². The number of nitrogens with zero attached hydrogens (tertiary/aromatic N) is 10. The number of aromatic nitrogens is 10. The summed E-state index contributed by atoms with van der Waals surface area (Å²) in [5.74, 6) is 2.84. The van der Waals surface area contributed by atoms with Crippen LogP contribution in [0, 0.1) is 20.8 Å². The van der Waals surface area contributed by atoms with Gasteiger partial charge in [-0.05, 0) is 134 Å². The Morgan fingerprint density at radius 2 is 1.00 bits per heavy atom. The quantitative estimate of drug-likeness (QED) is 0.0722. The van der Waals surface area contributed by atoms with Crippen LogP contribution >= 0.6 is 23.5 Å². The van der Waals surface area contributed by atoms with Crippen molar-refractivity contribution in [1.82, 2.24) is 47.3 Å². The Morgan fingerprint density at radius 3 is 1.41 bits per heavy atom. The minimum atomic E-state index is -0.508. The first-order valence-corrected chi connectivity index (χ1v) is 35.5. The van der Waals surface area contributed by atoms with E-state index in [2.05, 4.69) is 19.9 Å². The van der Waals surface area contributed by atoms with E-state index in [-0.39, 0.29) is 99.2 Å². The van der Waals surface area contributed by atoms with Gasteiger partial charge in [-0.25, -0.2) is 24.0 Å². The van der Waals surface area contributed by atoms with Gasteiger partial charge in [-0.3, -0.25) is 51.8 Å². The first-order valence-electron chi connectivity index (χ1n) is 33.4. The van der Waals surface area contributed by atoms with Gasteiger partial charge in [0.25, 0.3) is 16.7 Å². The maximum Gasteiger partial charge on any atom is 0.351 e. The second kappa shape index (κ2) is 38.8. The lowest BCUT2D eigenvalue weighted by Gasteiger charge is -2.22. The van der Waals surface area contributed by atoms with Crippen molar-refractivity contribution in [1.29, 1.82) is 0 Å². The molecule has 2 fully saturated rings. The van der Waals surface area contributed by atoms with E-state index in [1.807, 2.05) is 132 Å². The molecule has 5 aliphatic rings. The van der Waals surface area contributed by atoms with Gasteiger partial charge in [0.05, 0.1) is 50.8 Å². The van der Waals surface area contributed by atoms with Gasteiger partial charge in [0.2, 0.25) is 0 Å². The maximum absolute atomic E-state index is 12.5. The van der Waals surface area contributed by atoms with Crippen LogP contribution in [-0.4, -0.2) is 180 Å². The fourth-order valence-electron chi connectivity index (χ4n) is 9.96. The number of rotatable bonds is 23. The van der Waals surface area contributed by atoms with Crippen LogP contribution < -0.4 is 54.9 Å². The molecule has 10 rings (SSSR count). The summed E-state index contributed by atoms with van der Waals surface area (Å²) in [6.07, 6.45) is 16.8. The van der Waals surface area contributed by atoms with Crippen LogP contribution in [-0.2, 0) is 47.4 Å². The first kappa shape index (κ1) is 81.9. The fraction of sp³-hybridized carbons (Fsp3) is 0.618. The van der Waals surface area contributed by atoms with E-state index in [4.69, 9.17) is 47.4 Å². The summed E-state index contributed by atoms with van der Waals surface area (Å²) in [4.78, 5) is 111. The van der Waals surface area contributed by atoms with Crippen LogP contribution in [0.15, 0.2) is 118 Å². The third-order valence-corrected chi connectivity index (χ3v) is 17.4. The van der Waals surface area contributed by atoms with E-state index in [0.29, 0.717) is 62.1 Å². The second-order valence-electron chi connectivity index (χ2n) is 25.6. The average Bonchev–Trinajstić information content (AvgIpc) is 1.28. The van der Waals surface area contributed by atoms with Crippen molar-refractivity contribution < 1.29 is 47.4 Å². The maximum atomic E-state index is 12.5. The molecule has 0 spiro atoms. The van der Waals surface area contributed by atoms with E-state index < -0.39 is 30.1 Å². The minimum absolute atomic E-state index is 0.00990. The molecule has 0 radical (unpaired) electrons. The standard InChI is InChI=1S/C16H24N2O4.C14H23N3O3S.C14H20N2O4.C13H18N2O4.C11H17N3O3S/c1-10(2)18-15(19)12(5)8-17(16(18)20)14-7-6-13(22-14)9-21-11(3)4;1-4-16(5-2)11-7-8-17(14(18)15-11)12-10-21-13(20-12)9-19-6-3;1-9-7-16(13(18)15-12(9)17)11-6-5-10(20-11)8-19-14(2,3)4;1-8(2)18-7-10-4-5-11(19-10)15-6-9(3)12(16)14-13(15)17;1-13(2)8-4-5-14(11(15)12-8)9-7-18-10(17-9)6-16-3/h6-8,10-11,13-14H,9H2,1-5H3;7-8,12-13H,4-6,9-10H2,1-3H3;5-7,10-11H,8H2,1-4H3,(H,15,17,18);4-6,8,10-11H,7H2,1-3H3,(H,14,16,17);4-5,9-10H,6-7H2,1-3H3/t13-,14+;12-,13+;2*10-,11+;9-,10+/m01001/s1. The predicted octanol–water partition coefficient (Wildman–Crippen LogP) is 5.87. The lowest BCUT2D eigenvalue weighted by Crippen LogP contribution is -2.43. The molecule has 0 aliphatic carbocycles. The van der Waals surface area contributed by atoms with Gasteiger partial charge in [-0.15, -0.1) is 23.5 Å². The third-order valence-electron chi connectivity index (χ3n) is 15.3. The van der Waals surface area contributed by atoms with Gasteiger partial charge < -0.3 is 57.2 Å². The molecule has 0 bridgehead atoms. The number of aromatic amines is 2. The zero-order chi connectivity index (χ0) is 73.7. The largest absolute Gasteiger partial charge is 0.381 e. The fourth-order valence-corrected chi connectivity index (χ4v) is 12.0. The summed E-state index contributed by atoms with van der Waals surface area (Å²) in [5, 5.41) is 0. The van der Waals surface area contributed by atoms with Gasteiger partial charge in [-0.1, -0.05) is 18.2 Å². The van der Waals surface area contributed by atoms with Gasteiger partial charge in [0.15, 0.2) is 18.7 Å². The number of H-pyrrole nitrogens is 2. The lowest BCUT2D eigenvalue weighted by molar-refractivity contribution is -0.0751. The normalized spacial score (nSPS) is 22.1. The zero-order valence-electron chi connectivity index (χ0n) is 60.7. The average molecular weight is 1440 g/mol. The van der Waals surface area contributed by atoms with E-state index in [0.717, 1.165) is 30.4 Å². The Labute approximate surface area is 590 Å². The van der Waals surface area contributed by atoms with Gasteiger partial charge >= 0.3 is 28.4 Å². The molecule has 5 aliphatic heterocycles. The molecule has 554 valence electrons. The highest BCUT2D eigenvalue weighted by Crippen LogP contribution is 2.33. The highest BCUT2D eigenvalue weighted by atomic mass is 32.2. The van der Waals surface area contributed by atoms with Crippen molar-refractivity contribution >= 4 is 35.2 Å². The Balaban J connectivity index is 0.000000197. The van der Waals surface area contributed by atoms with Crippen LogP contribution in [0.4, 0.5) is 11.6 Å². The number of hydrogen-bond donors (Lipinski definition) is 2. The number of nitrogens with one attached hydrogen (secondary N) is 2. The number of methoxy groups -OCH3 is 1. The number of ether oxygens (including phenoxy) is 10. The highest BCUT2D eigenvalue weighted by Gasteiger charge is 2.31. The van der Waals surface area contributed by atoms with Crippen molar-refractivity contribution in [3.8, 4) is 0 Å². The molecule has 30 nitrogen and oxygen atoms in total. The predicted molar refractivity (Wildman–Crippen MR) is 385 cm³/mol. The van der Waals surface area contributed by atoms with Crippen molar-refractivity contribution in [2.75, 3.05) is 95.2 Å². The Morgan fingerprint density at radius 1 is 0.570 bits per heavy atom. The molecule has 2 saturated heterocycles. The molecule has 10 atom stereocenters. The summed E-state index contributed by atoms with van der Waals surface area (Å²) in [5.41, 5.74) is -1.66. The number of hydrogen-bond acceptors (Lipinski definition) is 24. The SMILES string of the molecule is CCOC[C@H]1O[C@@H](n2ccc(N(CC)CC)nc2=O)CS1.COC[C@H]1O[C@@H](n2ccc(N(C)C)nc2=O)CS1.Cc1cn([C@H]2C=C[C@@H](COC(C)(C)C)O2)c(=O)[nH]c1=O.Cc1cn([C@H]2C=C[C@@H](COC(C)C)O2)c(=O)[nH]c1=O.Cc1cn([C@H]2C=C[C@@H](COC(C)C)O2)c(=O)n(C(C)C)c1=O. The van der Waals surface area contributed by atoms with Crippen molar-refractivity contribution in [3.63, 3.8) is 0 Å². The third kappa shape index (κ3) is 24.0. The molecule has 5 aromatic heterocycles. The molecule has 5 aromatic rings. The van der Waals surface area contributed by atoms with Gasteiger partial charge in [0, 0.05) is 106 Å². The molecule has 0 unspecified atom stereocenters. The number of aryl methyl sites for hydroxylation is 3. The molecule has 32 heteroatoms. The van der Waals surface area contributed by atoms with Crippen LogP contribution in [0.3, 0.4) is 0 Å². The van der Waals surface area contributed by atoms with Crippen LogP contribution in [0.25, 0.3) is 0 Å². The lowest BCUT2D eigenvalue weighted by atomic mass is 10.2. The summed E-state index contributed by atoms with van der Waals surface area (Å²) >= 11 is 3.31. The second-order valence-corrected chi connectivity index (χ2v) is 28.0. The zero-order valence-corrected chi connectivity index (χ0v) is 62.4. The summed E-state index contributed by atoms with van der Waals surface area (Å²) in [7, 11) is 5.34. The van der Waals surface area contributed by atoms with Crippen LogP contribution in [0.1, 0.15) is 137 Å².